The fourth-order valence-corrected chi connectivity index (χ4v) is 4.18. The molecule has 18 N–H and O–H groups in total. The van der Waals surface area contributed by atoms with Gasteiger partial charge in [-0.15, -0.1) is 0 Å². The first kappa shape index (κ1) is 32.8. The van der Waals surface area contributed by atoms with Crippen LogP contribution in [0, 0.1) is 0 Å². The van der Waals surface area contributed by atoms with Crippen molar-refractivity contribution in [2.45, 2.75) is 91.9 Å². The average molecular weight is 562 g/mol. The third-order valence-corrected chi connectivity index (χ3v) is 6.33. The van der Waals surface area contributed by atoms with Gasteiger partial charge >= 0.3 is 6.03 Å². The summed E-state index contributed by atoms with van der Waals surface area (Å²) < 4.78 is 27.4. The number of aliphatic hydroxyl groups excluding tert-OH is 8. The van der Waals surface area contributed by atoms with Crippen LogP contribution in [0.3, 0.4) is 0 Å². The number of ether oxygens (including phenoxy) is 5. The summed E-state index contributed by atoms with van der Waals surface area (Å²) in [7, 11) is 0. The molecule has 6 unspecified atom stereocenters. The van der Waals surface area contributed by atoms with E-state index in [-0.39, 0.29) is 0 Å². The smallest absolute Gasteiger partial charge is 0.309 e. The molecule has 0 radical (unpaired) electrons. The molecule has 224 valence electrons. The first-order valence-corrected chi connectivity index (χ1v) is 11.6. The highest BCUT2D eigenvalue weighted by molar-refractivity contribution is 5.69. The number of nitrogens with two attached hydrogens (primary N) is 5. The van der Waals surface area contributed by atoms with Crippen LogP contribution in [0.2, 0.25) is 0 Å². The van der Waals surface area contributed by atoms with Crippen LogP contribution in [-0.4, -0.2) is 159 Å². The number of rotatable bonds is 7. The van der Waals surface area contributed by atoms with E-state index in [1.807, 2.05) is 0 Å². The van der Waals surface area contributed by atoms with Crippen molar-refractivity contribution < 1.29 is 69.3 Å². The Morgan fingerprint density at radius 1 is 0.605 bits per heavy atom. The molecule has 0 aromatic heterocycles. The number of hydrogen-bond donors (Lipinski definition) is 13. The molecule has 15 atom stereocenters. The minimum absolute atomic E-state index is 0.651. The molecular formula is C19H39N5O14. The van der Waals surface area contributed by atoms with Crippen molar-refractivity contribution >= 4 is 6.03 Å². The molecule has 3 aliphatic rings. The van der Waals surface area contributed by atoms with Gasteiger partial charge < -0.3 is 93.2 Å². The first-order valence-electron chi connectivity index (χ1n) is 11.6. The molecular weight excluding hydrogens is 522 g/mol. The maximum atomic E-state index is 10.8. The van der Waals surface area contributed by atoms with Crippen LogP contribution < -0.4 is 28.7 Å². The molecule has 19 heteroatoms. The highest BCUT2D eigenvalue weighted by Gasteiger charge is 2.52. The number of amides is 2. The third kappa shape index (κ3) is 7.42. The summed E-state index contributed by atoms with van der Waals surface area (Å²) in [4.78, 5) is 9.00. The Bertz CT molecular complexity index is 734. The van der Waals surface area contributed by atoms with Gasteiger partial charge in [0.05, 0.1) is 37.9 Å². The second kappa shape index (κ2) is 14.3. The molecule has 0 aromatic rings. The SMILES string of the molecule is NC(N)=O.NC1C(O)O[C@H](CO)C(O[C@@H]2O[C@H](CO)C(O[C@@H]3O[C@H](CO)[C@@H](O)[C@H](O)[C@H]3N)[C@H](O)C2N)C1O. The zero-order valence-corrected chi connectivity index (χ0v) is 20.2. The Balaban J connectivity index is 0.00000118. The lowest BCUT2D eigenvalue weighted by Crippen LogP contribution is -2.69. The van der Waals surface area contributed by atoms with Crippen molar-refractivity contribution in [3.8, 4) is 0 Å². The summed E-state index contributed by atoms with van der Waals surface area (Å²) in [5, 5.41) is 79.6. The molecule has 0 aliphatic carbocycles. The quantitative estimate of drug-likeness (QED) is 0.137. The van der Waals surface area contributed by atoms with Crippen molar-refractivity contribution in [2.24, 2.45) is 28.7 Å². The fraction of sp³-hybridized carbons (Fsp3) is 0.947. The highest BCUT2D eigenvalue weighted by atomic mass is 16.7. The van der Waals surface area contributed by atoms with E-state index >= 15 is 0 Å². The van der Waals surface area contributed by atoms with Gasteiger partial charge in [0.2, 0.25) is 0 Å². The molecule has 3 saturated heterocycles. The molecule has 3 fully saturated rings. The van der Waals surface area contributed by atoms with Gasteiger partial charge in [-0.25, -0.2) is 4.79 Å². The van der Waals surface area contributed by atoms with Gasteiger partial charge in [-0.1, -0.05) is 0 Å². The van der Waals surface area contributed by atoms with Crippen LogP contribution in [0.15, 0.2) is 0 Å². The van der Waals surface area contributed by atoms with Gasteiger partial charge in [0.15, 0.2) is 18.9 Å². The summed E-state index contributed by atoms with van der Waals surface area (Å²) in [5.41, 5.74) is 26.1. The van der Waals surface area contributed by atoms with Crippen LogP contribution in [0.1, 0.15) is 0 Å². The first-order chi connectivity index (χ1) is 17.8. The zero-order chi connectivity index (χ0) is 28.9. The van der Waals surface area contributed by atoms with E-state index in [1.165, 1.54) is 0 Å². The standard InChI is InChI=1S/C18H35N3O13.CH4N2O/c19-7-12(27)14(5(2-23)30-16(7)29)33-18-9(21)13(28)15(6(3-24)32-18)34-17-8(20)11(26)10(25)4(1-22)31-17;2-1(3)4/h4-18,22-29H,1-3,19-21H2;(H4,2,3,4)/t4-,5-,6-,7?,8-,9?,10-,11-,12?,13-,14?,15?,16?,17+,18+;/m1./s1. The molecule has 3 heterocycles. The second-order valence-corrected chi connectivity index (χ2v) is 9.00. The van der Waals surface area contributed by atoms with Crippen LogP contribution in [0.5, 0.6) is 0 Å². The predicted molar refractivity (Wildman–Crippen MR) is 121 cm³/mol. The molecule has 38 heavy (non-hydrogen) atoms. The molecule has 3 rings (SSSR count). The van der Waals surface area contributed by atoms with E-state index < -0.39 is 118 Å². The maximum absolute atomic E-state index is 10.8. The van der Waals surface area contributed by atoms with E-state index in [0.717, 1.165) is 0 Å². The van der Waals surface area contributed by atoms with Gasteiger partial charge in [0.25, 0.3) is 0 Å². The van der Waals surface area contributed by atoms with E-state index in [0.29, 0.717) is 0 Å². The molecule has 0 aromatic carbocycles. The van der Waals surface area contributed by atoms with Crippen LogP contribution in [0.25, 0.3) is 0 Å². The van der Waals surface area contributed by atoms with Crippen LogP contribution in [0.4, 0.5) is 4.79 Å². The molecule has 0 spiro atoms. The Morgan fingerprint density at radius 2 is 0.974 bits per heavy atom. The van der Waals surface area contributed by atoms with Crippen molar-refractivity contribution in [3.63, 3.8) is 0 Å². The number of urea groups is 1. The minimum Gasteiger partial charge on any atom is -0.394 e. The molecule has 2 amide bonds. The highest BCUT2D eigenvalue weighted by Crippen LogP contribution is 2.31. The molecule has 3 aliphatic heterocycles. The lowest BCUT2D eigenvalue weighted by molar-refractivity contribution is -0.348. The molecule has 0 bridgehead atoms. The number of aliphatic hydroxyl groups is 8. The molecule has 19 nitrogen and oxygen atoms in total. The van der Waals surface area contributed by atoms with Gasteiger partial charge in [-0.2, -0.15) is 0 Å². The van der Waals surface area contributed by atoms with E-state index in [9.17, 15) is 40.9 Å². The van der Waals surface area contributed by atoms with Gasteiger partial charge in [-0.05, 0) is 0 Å². The summed E-state index contributed by atoms with van der Waals surface area (Å²) in [5.74, 6) is 0. The van der Waals surface area contributed by atoms with E-state index in [4.69, 9.17) is 45.7 Å². The maximum Gasteiger partial charge on any atom is 0.309 e. The lowest BCUT2D eigenvalue weighted by atomic mass is 9.94. The van der Waals surface area contributed by atoms with Crippen molar-refractivity contribution in [3.05, 3.63) is 0 Å². The summed E-state index contributed by atoms with van der Waals surface area (Å²) in [6, 6.07) is -4.71. The topological polar surface area (TPSA) is 355 Å². The van der Waals surface area contributed by atoms with Gasteiger partial charge in [-0.3, -0.25) is 0 Å². The van der Waals surface area contributed by atoms with Crippen LogP contribution >= 0.6 is 0 Å². The van der Waals surface area contributed by atoms with E-state index in [1.54, 1.807) is 0 Å². The molecule has 0 saturated carbocycles. The Morgan fingerprint density at radius 3 is 1.42 bits per heavy atom. The Labute approximate surface area is 216 Å². The normalized spacial score (nSPS) is 47.6. The van der Waals surface area contributed by atoms with E-state index in [2.05, 4.69) is 11.5 Å². The second-order valence-electron chi connectivity index (χ2n) is 9.00. The van der Waals surface area contributed by atoms with Crippen LogP contribution in [-0.2, 0) is 23.7 Å². The largest absolute Gasteiger partial charge is 0.394 e. The average Bonchev–Trinajstić information content (AvgIpc) is 2.87. The number of carbonyl (C=O) groups is 1. The minimum atomic E-state index is -1.56. The summed E-state index contributed by atoms with van der Waals surface area (Å²) >= 11 is 0. The monoisotopic (exact) mass is 561 g/mol. The van der Waals surface area contributed by atoms with Gasteiger partial charge in [0, 0.05) is 0 Å². The van der Waals surface area contributed by atoms with Crippen molar-refractivity contribution in [1.29, 1.82) is 0 Å². The zero-order valence-electron chi connectivity index (χ0n) is 20.2. The number of carbonyl (C=O) groups excluding carboxylic acids is 1. The fourth-order valence-electron chi connectivity index (χ4n) is 4.18. The summed E-state index contributed by atoms with van der Waals surface area (Å²) in [6.45, 7) is -2.00. The summed E-state index contributed by atoms with van der Waals surface area (Å²) in [6.07, 6.45) is -16.8. The Hall–Kier alpha value is -1.37. The number of hydrogen-bond acceptors (Lipinski definition) is 17. The number of primary amides is 2. The lowest BCUT2D eigenvalue weighted by Gasteiger charge is -2.48. The van der Waals surface area contributed by atoms with Gasteiger partial charge in [0.1, 0.15) is 54.9 Å². The Kier molecular flexibility index (Phi) is 12.4. The third-order valence-electron chi connectivity index (χ3n) is 6.33. The van der Waals surface area contributed by atoms with Crippen molar-refractivity contribution in [2.75, 3.05) is 19.8 Å². The predicted octanol–water partition coefficient (Wildman–Crippen LogP) is -8.65. The van der Waals surface area contributed by atoms with Crippen molar-refractivity contribution in [1.82, 2.24) is 0 Å².